The van der Waals surface area contributed by atoms with Gasteiger partial charge in [-0.3, -0.25) is 0 Å². The minimum atomic E-state index is -0.828. The van der Waals surface area contributed by atoms with Crippen LogP contribution in [0.5, 0.6) is 5.75 Å². The van der Waals surface area contributed by atoms with Crippen molar-refractivity contribution in [2.45, 2.75) is 32.5 Å². The van der Waals surface area contributed by atoms with Crippen molar-refractivity contribution in [1.82, 2.24) is 0 Å². The van der Waals surface area contributed by atoms with Crippen molar-refractivity contribution in [2.24, 2.45) is 0 Å². The smallest absolute Gasteiger partial charge is 0.336 e. The average molecular weight is 332 g/mol. The Bertz CT molecular complexity index is 905. The first-order valence-electron chi connectivity index (χ1n) is 7.81. The summed E-state index contributed by atoms with van der Waals surface area (Å²) >= 11 is 0. The molecule has 2 aromatic heterocycles. The topological polar surface area (TPSA) is 82.0 Å². The highest BCUT2D eigenvalue weighted by atomic mass is 16.5. The van der Waals surface area contributed by atoms with Crippen LogP contribution in [0.4, 0.5) is 0 Å². The summed E-state index contributed by atoms with van der Waals surface area (Å²) in [7, 11) is 0. The number of rotatable bonds is 6. The molecule has 0 fully saturated rings. The van der Waals surface area contributed by atoms with E-state index in [4.69, 9.17) is 18.3 Å². The summed E-state index contributed by atoms with van der Waals surface area (Å²) in [6.45, 7) is 6.01. The van der Waals surface area contributed by atoms with E-state index in [1.807, 2.05) is 6.92 Å². The molecule has 1 aromatic carbocycles. The summed E-state index contributed by atoms with van der Waals surface area (Å²) in [4.78, 5) is 11.4. The number of hydrogen-bond donors (Lipinski definition) is 1. The van der Waals surface area contributed by atoms with E-state index in [1.165, 1.54) is 12.3 Å². The molecule has 0 spiro atoms. The van der Waals surface area contributed by atoms with Crippen LogP contribution in [0.3, 0.4) is 0 Å². The maximum absolute atomic E-state index is 11.4. The van der Waals surface area contributed by atoms with Gasteiger partial charge in [-0.1, -0.05) is 0 Å². The van der Waals surface area contributed by atoms with Crippen LogP contribution in [0.15, 0.2) is 44.2 Å². The van der Waals surface area contributed by atoms with Crippen molar-refractivity contribution in [1.29, 1.82) is 0 Å². The summed E-state index contributed by atoms with van der Waals surface area (Å²) in [5, 5.41) is 11.8. The highest BCUT2D eigenvalue weighted by Gasteiger charge is 2.29. The highest BCUT2D eigenvalue weighted by molar-refractivity contribution is 6.01. The predicted molar refractivity (Wildman–Crippen MR) is 89.5 cm³/mol. The molecule has 0 bridgehead atoms. The second kappa shape index (κ2) is 6.30. The van der Waals surface area contributed by atoms with E-state index in [2.05, 4.69) is 0 Å². The Kier molecular flexibility index (Phi) is 4.34. The van der Waals surface area contributed by atoms with E-state index < -0.39 is 17.3 Å². The molecule has 3 rings (SSSR count). The first-order valence-corrected chi connectivity index (χ1v) is 7.81. The average Bonchev–Trinajstić information content (AvgIpc) is 2.98. The van der Waals surface area contributed by atoms with E-state index in [0.717, 1.165) is 5.39 Å². The van der Waals surface area contributed by atoms with Crippen molar-refractivity contribution in [2.75, 3.05) is 13.2 Å². The first-order chi connectivity index (χ1) is 11.4. The van der Waals surface area contributed by atoms with E-state index in [0.29, 0.717) is 28.9 Å². The van der Waals surface area contributed by atoms with Crippen molar-refractivity contribution in [3.8, 4) is 5.75 Å². The second-order valence-electron chi connectivity index (χ2n) is 6.07. The lowest BCUT2D eigenvalue weighted by atomic mass is 10.0. The molecule has 6 heteroatoms. The van der Waals surface area contributed by atoms with Gasteiger partial charge in [-0.15, -0.1) is 0 Å². The third-order valence-electron chi connectivity index (χ3n) is 4.01. The maximum Gasteiger partial charge on any atom is 0.336 e. The number of aliphatic hydroxyl groups excluding tert-OH is 1. The molecule has 0 aliphatic heterocycles. The fourth-order valence-corrected chi connectivity index (χ4v) is 2.60. The van der Waals surface area contributed by atoms with Crippen LogP contribution in [0.25, 0.3) is 21.9 Å². The summed E-state index contributed by atoms with van der Waals surface area (Å²) in [5.74, 6) is 0.506. The minimum absolute atomic E-state index is 0.0333. The molecular weight excluding hydrogens is 312 g/mol. The van der Waals surface area contributed by atoms with E-state index >= 15 is 0 Å². The molecule has 24 heavy (non-hydrogen) atoms. The van der Waals surface area contributed by atoms with Crippen LogP contribution in [0.2, 0.25) is 0 Å². The molecule has 0 saturated heterocycles. The monoisotopic (exact) mass is 332 g/mol. The summed E-state index contributed by atoms with van der Waals surface area (Å²) in [6.07, 6.45) is 0.708. The fourth-order valence-electron chi connectivity index (χ4n) is 2.60. The molecule has 128 valence electrons. The zero-order chi connectivity index (χ0) is 17.3. The van der Waals surface area contributed by atoms with Crippen LogP contribution in [-0.2, 0) is 4.74 Å². The van der Waals surface area contributed by atoms with Gasteiger partial charge in [0, 0.05) is 18.7 Å². The molecule has 0 amide bonds. The fraction of sp³-hybridized carbons (Fsp3) is 0.389. The third kappa shape index (κ3) is 3.02. The van der Waals surface area contributed by atoms with Gasteiger partial charge >= 0.3 is 5.63 Å². The molecule has 0 saturated carbocycles. The number of fused-ring (bicyclic) bond motifs is 2. The van der Waals surface area contributed by atoms with Gasteiger partial charge in [-0.05, 0) is 32.9 Å². The summed E-state index contributed by atoms with van der Waals surface area (Å²) < 4.78 is 22.0. The molecule has 0 radical (unpaired) electrons. The van der Waals surface area contributed by atoms with Crippen molar-refractivity contribution in [3.63, 3.8) is 0 Å². The van der Waals surface area contributed by atoms with Gasteiger partial charge in [0.2, 0.25) is 0 Å². The van der Waals surface area contributed by atoms with Crippen LogP contribution in [0, 0.1) is 0 Å². The van der Waals surface area contributed by atoms with Gasteiger partial charge < -0.3 is 23.4 Å². The minimum Gasteiger partial charge on any atom is -0.489 e. The molecular formula is C18H20O6. The van der Waals surface area contributed by atoms with Crippen LogP contribution in [-0.4, -0.2) is 30.0 Å². The van der Waals surface area contributed by atoms with Gasteiger partial charge in [0.05, 0.1) is 22.6 Å². The summed E-state index contributed by atoms with van der Waals surface area (Å²) in [5.41, 5.74) is -0.262. The van der Waals surface area contributed by atoms with Gasteiger partial charge in [0.1, 0.15) is 29.6 Å². The lowest BCUT2D eigenvalue weighted by molar-refractivity contribution is -0.108. The molecule has 0 aliphatic rings. The zero-order valence-corrected chi connectivity index (χ0v) is 13.9. The second-order valence-corrected chi connectivity index (χ2v) is 6.07. The lowest BCUT2D eigenvalue weighted by Gasteiger charge is -2.30. The van der Waals surface area contributed by atoms with Crippen LogP contribution < -0.4 is 10.4 Å². The van der Waals surface area contributed by atoms with Crippen LogP contribution >= 0.6 is 0 Å². The number of ether oxygens (including phenoxy) is 2. The van der Waals surface area contributed by atoms with Crippen molar-refractivity contribution >= 4 is 21.9 Å². The van der Waals surface area contributed by atoms with Gasteiger partial charge in [-0.2, -0.15) is 0 Å². The molecule has 1 N–H and O–H groups in total. The summed E-state index contributed by atoms with van der Waals surface area (Å²) in [6, 6.07) is 6.40. The van der Waals surface area contributed by atoms with Crippen LogP contribution in [0.1, 0.15) is 20.8 Å². The Morgan fingerprint density at radius 1 is 1.21 bits per heavy atom. The third-order valence-corrected chi connectivity index (χ3v) is 4.01. The SMILES string of the molecule is CCOC(C)(C)C(O)COc1c2ccoc2cc2oc(=O)ccc12. The Morgan fingerprint density at radius 2 is 1.96 bits per heavy atom. The van der Waals surface area contributed by atoms with Gasteiger partial charge in [0.25, 0.3) is 0 Å². The Labute approximate surface area is 138 Å². The number of aliphatic hydroxyl groups is 1. The highest BCUT2D eigenvalue weighted by Crippen LogP contribution is 2.35. The number of hydrogen-bond acceptors (Lipinski definition) is 6. The van der Waals surface area contributed by atoms with Crippen molar-refractivity contribution < 1.29 is 23.4 Å². The predicted octanol–water partition coefficient (Wildman–Crippen LogP) is 3.09. The maximum atomic E-state index is 11.4. The number of furan rings is 1. The first kappa shape index (κ1) is 16.5. The largest absolute Gasteiger partial charge is 0.489 e. The zero-order valence-electron chi connectivity index (χ0n) is 13.9. The molecule has 0 aliphatic carbocycles. The van der Waals surface area contributed by atoms with E-state index in [-0.39, 0.29) is 6.61 Å². The van der Waals surface area contributed by atoms with Gasteiger partial charge in [-0.25, -0.2) is 4.79 Å². The van der Waals surface area contributed by atoms with E-state index in [1.54, 1.807) is 32.0 Å². The molecule has 6 nitrogen and oxygen atoms in total. The molecule has 1 unspecified atom stereocenters. The molecule has 3 aromatic rings. The Balaban J connectivity index is 1.98. The number of benzene rings is 1. The normalized spacial score (nSPS) is 13.5. The quantitative estimate of drug-likeness (QED) is 0.699. The Hall–Kier alpha value is -2.31. The molecule has 2 heterocycles. The lowest BCUT2D eigenvalue weighted by Crippen LogP contribution is -2.42. The van der Waals surface area contributed by atoms with Crippen molar-refractivity contribution in [3.05, 3.63) is 40.9 Å². The standard InChI is InChI=1S/C18H20O6/c1-4-23-18(2,3)15(19)10-22-17-11-5-6-16(20)24-14(11)9-13-12(17)7-8-21-13/h5-9,15,19H,4,10H2,1-3H3. The van der Waals surface area contributed by atoms with E-state index in [9.17, 15) is 9.90 Å². The Morgan fingerprint density at radius 3 is 2.71 bits per heavy atom. The van der Waals surface area contributed by atoms with Gasteiger partial charge in [0.15, 0.2) is 0 Å². The molecule has 1 atom stereocenters.